The molecule has 3 amide bonds. The Bertz CT molecular complexity index is 1240. The normalized spacial score (nSPS) is 16.1. The Labute approximate surface area is 204 Å². The van der Waals surface area contributed by atoms with Gasteiger partial charge < -0.3 is 25.6 Å². The molecule has 0 bridgehead atoms. The van der Waals surface area contributed by atoms with Crippen LogP contribution in [0, 0.1) is 0 Å². The molecule has 1 atom stereocenters. The smallest absolute Gasteiger partial charge is 0.261 e. The molecule has 2 aromatic heterocycles. The lowest BCUT2D eigenvalue weighted by Gasteiger charge is -2.40. The number of amides is 3. The van der Waals surface area contributed by atoms with Crippen LogP contribution < -0.4 is 15.8 Å². The molecule has 10 nitrogen and oxygen atoms in total. The summed E-state index contributed by atoms with van der Waals surface area (Å²) in [5, 5.41) is 3.97. The molecule has 4 rings (SSSR count). The summed E-state index contributed by atoms with van der Waals surface area (Å²) in [5.74, 6) is -0.680. The molecule has 12 heteroatoms. The minimum atomic E-state index is -0.840. The fourth-order valence-corrected chi connectivity index (χ4v) is 4.60. The molecule has 1 unspecified atom stereocenters. The molecule has 1 aromatic carbocycles. The molecule has 0 aliphatic carbocycles. The van der Waals surface area contributed by atoms with Gasteiger partial charge in [0.15, 0.2) is 11.7 Å². The van der Waals surface area contributed by atoms with Gasteiger partial charge in [-0.2, -0.15) is 0 Å². The minimum Gasteiger partial charge on any atom is -0.474 e. The average molecular weight is 503 g/mol. The fourth-order valence-electron chi connectivity index (χ4n) is 3.72. The Morgan fingerprint density at radius 2 is 2.12 bits per heavy atom. The van der Waals surface area contributed by atoms with Crippen molar-refractivity contribution in [3.05, 3.63) is 46.6 Å². The third-order valence-electron chi connectivity index (χ3n) is 5.39. The van der Waals surface area contributed by atoms with Crippen LogP contribution in [0.1, 0.15) is 12.5 Å². The molecule has 3 heterocycles. The quantitative estimate of drug-likeness (QED) is 0.502. The highest BCUT2D eigenvalue weighted by molar-refractivity contribution is 7.17. The molecule has 3 aromatic rings. The molecule has 1 aliphatic heterocycles. The van der Waals surface area contributed by atoms with E-state index in [1.54, 1.807) is 25.1 Å². The number of piperazine rings is 1. The number of carbonyl (C=O) groups excluding carboxylic acids is 3. The summed E-state index contributed by atoms with van der Waals surface area (Å²) in [6.07, 6.45) is 1.38. The van der Waals surface area contributed by atoms with E-state index in [9.17, 15) is 14.4 Å². The maximum absolute atomic E-state index is 13.1. The number of likely N-dealkylation sites (N-methyl/N-ethyl adjacent to an activating group) is 1. The summed E-state index contributed by atoms with van der Waals surface area (Å²) >= 11 is 7.09. The van der Waals surface area contributed by atoms with Crippen molar-refractivity contribution in [1.82, 2.24) is 25.1 Å². The van der Waals surface area contributed by atoms with Gasteiger partial charge in [-0.1, -0.05) is 29.0 Å². The monoisotopic (exact) mass is 502 g/mol. The zero-order valence-electron chi connectivity index (χ0n) is 18.4. The maximum atomic E-state index is 13.1. The number of nitrogens with zero attached hydrogens (tertiary/aromatic N) is 4. The molecule has 1 aliphatic rings. The Morgan fingerprint density at radius 1 is 1.29 bits per heavy atom. The standard InChI is InChI=1S/C22H23ClN6O4S/c1-2-25-22(32)16-9-28(19(31)11-33-20-6-5-17(23)34-20)10-18(30)29(16)8-13-3-4-14-15(7-13)26-12-27-21(14)24/h3-7,12,16H,2,8-11H2,1H3,(H,25,32)(H2,24,26,27). The van der Waals surface area contributed by atoms with Crippen molar-refractivity contribution in [3.8, 4) is 5.06 Å². The van der Waals surface area contributed by atoms with Gasteiger partial charge in [-0.05, 0) is 36.8 Å². The molecule has 1 saturated heterocycles. The lowest BCUT2D eigenvalue weighted by molar-refractivity contribution is -0.154. The molecular formula is C22H23ClN6O4S. The second kappa shape index (κ2) is 10.2. The van der Waals surface area contributed by atoms with Crippen molar-refractivity contribution in [3.63, 3.8) is 0 Å². The highest BCUT2D eigenvalue weighted by Crippen LogP contribution is 2.28. The molecule has 1 fully saturated rings. The summed E-state index contributed by atoms with van der Waals surface area (Å²) in [6.45, 7) is 2.05. The van der Waals surface area contributed by atoms with Gasteiger partial charge >= 0.3 is 0 Å². The summed E-state index contributed by atoms with van der Waals surface area (Å²) < 4.78 is 6.04. The van der Waals surface area contributed by atoms with Crippen molar-refractivity contribution in [2.24, 2.45) is 0 Å². The number of hydrogen-bond donors (Lipinski definition) is 2. The first-order valence-corrected chi connectivity index (χ1v) is 11.8. The zero-order valence-corrected chi connectivity index (χ0v) is 19.9. The number of carbonyl (C=O) groups is 3. The lowest BCUT2D eigenvalue weighted by Crippen LogP contribution is -2.62. The van der Waals surface area contributed by atoms with Gasteiger partial charge in [0.2, 0.25) is 11.8 Å². The van der Waals surface area contributed by atoms with Crippen molar-refractivity contribution in [2.45, 2.75) is 19.5 Å². The van der Waals surface area contributed by atoms with E-state index in [1.807, 2.05) is 12.1 Å². The van der Waals surface area contributed by atoms with Gasteiger partial charge in [-0.25, -0.2) is 9.97 Å². The average Bonchev–Trinajstić information content (AvgIpc) is 3.24. The van der Waals surface area contributed by atoms with E-state index in [-0.39, 0.29) is 44.0 Å². The largest absolute Gasteiger partial charge is 0.474 e. The molecule has 0 saturated carbocycles. The van der Waals surface area contributed by atoms with E-state index in [0.29, 0.717) is 32.7 Å². The number of hydrogen-bond acceptors (Lipinski definition) is 8. The second-order valence-electron chi connectivity index (χ2n) is 7.66. The highest BCUT2D eigenvalue weighted by atomic mass is 35.5. The fraction of sp³-hybridized carbons (Fsp3) is 0.318. The van der Waals surface area contributed by atoms with Crippen LogP contribution >= 0.6 is 22.9 Å². The van der Waals surface area contributed by atoms with Crippen LogP contribution in [0.4, 0.5) is 5.82 Å². The zero-order chi connectivity index (χ0) is 24.2. The van der Waals surface area contributed by atoms with Crippen LogP contribution in [-0.2, 0) is 20.9 Å². The first-order chi connectivity index (χ1) is 16.4. The second-order valence-corrected chi connectivity index (χ2v) is 9.34. The number of fused-ring (bicyclic) bond motifs is 1. The van der Waals surface area contributed by atoms with E-state index in [2.05, 4.69) is 15.3 Å². The Morgan fingerprint density at radius 3 is 2.85 bits per heavy atom. The van der Waals surface area contributed by atoms with Crippen molar-refractivity contribution in [2.75, 3.05) is 32.0 Å². The van der Waals surface area contributed by atoms with Gasteiger partial charge in [0, 0.05) is 18.5 Å². The number of benzene rings is 1. The minimum absolute atomic E-state index is 0.0632. The number of nitrogens with two attached hydrogens (primary N) is 1. The van der Waals surface area contributed by atoms with Gasteiger partial charge in [-0.15, -0.1) is 0 Å². The van der Waals surface area contributed by atoms with E-state index in [0.717, 1.165) is 5.56 Å². The molecule has 178 valence electrons. The Balaban J connectivity index is 1.50. The maximum Gasteiger partial charge on any atom is 0.261 e. The number of anilines is 1. The first-order valence-electron chi connectivity index (χ1n) is 10.6. The number of rotatable bonds is 7. The Hall–Kier alpha value is -3.44. The number of nitrogen functional groups attached to an aromatic ring is 1. The Kier molecular flexibility index (Phi) is 7.13. The first kappa shape index (κ1) is 23.7. The van der Waals surface area contributed by atoms with Crippen molar-refractivity contribution >= 4 is 57.4 Å². The van der Waals surface area contributed by atoms with Gasteiger partial charge in [-0.3, -0.25) is 14.4 Å². The molecule has 3 N–H and O–H groups in total. The third-order valence-corrected chi connectivity index (χ3v) is 6.54. The summed E-state index contributed by atoms with van der Waals surface area (Å²) in [5.41, 5.74) is 7.32. The summed E-state index contributed by atoms with van der Waals surface area (Å²) in [7, 11) is 0. The number of halogens is 1. The molecule has 0 radical (unpaired) electrons. The predicted octanol–water partition coefficient (Wildman–Crippen LogP) is 1.68. The van der Waals surface area contributed by atoms with Gasteiger partial charge in [0.25, 0.3) is 5.91 Å². The summed E-state index contributed by atoms with van der Waals surface area (Å²) in [4.78, 5) is 49.7. The van der Waals surface area contributed by atoms with Gasteiger partial charge in [0.1, 0.15) is 18.2 Å². The van der Waals surface area contributed by atoms with E-state index >= 15 is 0 Å². The predicted molar refractivity (Wildman–Crippen MR) is 128 cm³/mol. The van der Waals surface area contributed by atoms with Crippen LogP contribution in [0.2, 0.25) is 4.34 Å². The van der Waals surface area contributed by atoms with Crippen molar-refractivity contribution < 1.29 is 19.1 Å². The van der Waals surface area contributed by atoms with E-state index in [4.69, 9.17) is 22.1 Å². The van der Waals surface area contributed by atoms with Crippen LogP contribution in [0.5, 0.6) is 5.06 Å². The third kappa shape index (κ3) is 5.20. The van der Waals surface area contributed by atoms with Gasteiger partial charge in [0.05, 0.1) is 22.9 Å². The van der Waals surface area contributed by atoms with E-state index < -0.39 is 6.04 Å². The SMILES string of the molecule is CCNC(=O)C1CN(C(=O)COc2ccc(Cl)s2)CC(=O)N1Cc1ccc2c(N)ncnc2c1. The highest BCUT2D eigenvalue weighted by Gasteiger charge is 2.38. The van der Waals surface area contributed by atoms with Crippen molar-refractivity contribution in [1.29, 1.82) is 0 Å². The number of ether oxygens (including phenoxy) is 1. The van der Waals surface area contributed by atoms with Crippen LogP contribution in [0.15, 0.2) is 36.7 Å². The van der Waals surface area contributed by atoms with Crippen LogP contribution in [0.3, 0.4) is 0 Å². The van der Waals surface area contributed by atoms with Crippen LogP contribution in [-0.4, -0.2) is 69.8 Å². The number of nitrogens with one attached hydrogen (secondary N) is 1. The van der Waals surface area contributed by atoms with Crippen LogP contribution in [0.25, 0.3) is 10.9 Å². The number of aromatic nitrogens is 2. The molecule has 34 heavy (non-hydrogen) atoms. The lowest BCUT2D eigenvalue weighted by atomic mass is 10.1. The molecule has 0 spiro atoms. The number of thiophene rings is 1. The van der Waals surface area contributed by atoms with E-state index in [1.165, 1.54) is 27.5 Å². The summed E-state index contributed by atoms with van der Waals surface area (Å²) in [6, 6.07) is 7.93. The molecular weight excluding hydrogens is 480 g/mol. The topological polar surface area (TPSA) is 131 Å².